The van der Waals surface area contributed by atoms with Gasteiger partial charge in [-0.3, -0.25) is 4.79 Å². The molecule has 1 aliphatic heterocycles. The maximum atomic E-state index is 12.1. The molecule has 1 atom stereocenters. The van der Waals surface area contributed by atoms with Crippen molar-refractivity contribution in [3.05, 3.63) is 29.8 Å². The number of piperidine rings is 1. The fourth-order valence-electron chi connectivity index (χ4n) is 2.07. The van der Waals surface area contributed by atoms with E-state index in [-0.39, 0.29) is 11.9 Å². The molecule has 2 N–H and O–H groups in total. The molecule has 1 amide bonds. The number of carbonyl (C=O) groups excluding carboxylic acids is 1. The standard InChI is InChI=1S/C13H18N2O2/c1-17-12-7-3-2-6-11(12)13(16)15-10-5-4-8-14-9-10/h2-3,6-7,10,14H,4-5,8-9H2,1H3,(H,15,16). The Bertz CT molecular complexity index is 387. The van der Waals surface area contributed by atoms with E-state index in [9.17, 15) is 4.79 Å². The molecule has 17 heavy (non-hydrogen) atoms. The minimum atomic E-state index is -0.0591. The number of benzene rings is 1. The summed E-state index contributed by atoms with van der Waals surface area (Å²) in [7, 11) is 1.58. The van der Waals surface area contributed by atoms with Gasteiger partial charge in [0.2, 0.25) is 0 Å². The van der Waals surface area contributed by atoms with Gasteiger partial charge in [-0.1, -0.05) is 12.1 Å². The molecule has 4 nitrogen and oxygen atoms in total. The molecule has 1 heterocycles. The summed E-state index contributed by atoms with van der Waals surface area (Å²) in [5.74, 6) is 0.560. The van der Waals surface area contributed by atoms with Crippen LogP contribution in [0, 0.1) is 0 Å². The average molecular weight is 234 g/mol. The Balaban J connectivity index is 2.03. The molecule has 0 spiro atoms. The summed E-state index contributed by atoms with van der Waals surface area (Å²) in [6, 6.07) is 7.51. The van der Waals surface area contributed by atoms with Crippen LogP contribution in [0.25, 0.3) is 0 Å². The van der Waals surface area contributed by atoms with Crippen molar-refractivity contribution < 1.29 is 9.53 Å². The Hall–Kier alpha value is -1.55. The number of hydrogen-bond acceptors (Lipinski definition) is 3. The minimum absolute atomic E-state index is 0.0591. The van der Waals surface area contributed by atoms with Crippen LogP contribution in [0.3, 0.4) is 0 Å². The molecule has 0 radical (unpaired) electrons. The van der Waals surface area contributed by atoms with Crippen molar-refractivity contribution in [2.24, 2.45) is 0 Å². The molecule has 0 aromatic heterocycles. The van der Waals surface area contributed by atoms with E-state index < -0.39 is 0 Å². The Morgan fingerprint density at radius 2 is 2.29 bits per heavy atom. The van der Waals surface area contributed by atoms with Crippen molar-refractivity contribution in [3.63, 3.8) is 0 Å². The fourth-order valence-corrected chi connectivity index (χ4v) is 2.07. The Morgan fingerprint density at radius 3 is 3.00 bits per heavy atom. The average Bonchev–Trinajstić information content (AvgIpc) is 2.40. The van der Waals surface area contributed by atoms with Crippen molar-refractivity contribution in [1.82, 2.24) is 10.6 Å². The van der Waals surface area contributed by atoms with Gasteiger partial charge in [0.1, 0.15) is 5.75 Å². The van der Waals surface area contributed by atoms with Crippen LogP contribution in [0.1, 0.15) is 23.2 Å². The Labute approximate surface area is 101 Å². The number of amides is 1. The van der Waals surface area contributed by atoms with Crippen LogP contribution in [0.5, 0.6) is 5.75 Å². The van der Waals surface area contributed by atoms with E-state index in [1.165, 1.54) is 0 Å². The number of para-hydroxylation sites is 1. The summed E-state index contributed by atoms with van der Waals surface area (Å²) < 4.78 is 5.18. The molecule has 1 fully saturated rings. The maximum Gasteiger partial charge on any atom is 0.255 e. The number of nitrogens with one attached hydrogen (secondary N) is 2. The third-order valence-corrected chi connectivity index (χ3v) is 2.98. The van der Waals surface area contributed by atoms with Gasteiger partial charge in [0.05, 0.1) is 12.7 Å². The highest BCUT2D eigenvalue weighted by atomic mass is 16.5. The molecular weight excluding hydrogens is 216 g/mol. The van der Waals surface area contributed by atoms with E-state index in [0.29, 0.717) is 11.3 Å². The van der Waals surface area contributed by atoms with Crippen LogP contribution in [-0.2, 0) is 0 Å². The zero-order valence-electron chi connectivity index (χ0n) is 10.0. The molecular formula is C13H18N2O2. The number of carbonyl (C=O) groups is 1. The number of rotatable bonds is 3. The Kier molecular flexibility index (Phi) is 3.98. The smallest absolute Gasteiger partial charge is 0.255 e. The lowest BCUT2D eigenvalue weighted by Gasteiger charge is -2.24. The third-order valence-electron chi connectivity index (χ3n) is 2.98. The lowest BCUT2D eigenvalue weighted by atomic mass is 10.1. The van der Waals surface area contributed by atoms with E-state index >= 15 is 0 Å². The van der Waals surface area contributed by atoms with Crippen LogP contribution in [0.4, 0.5) is 0 Å². The zero-order valence-corrected chi connectivity index (χ0v) is 10.0. The van der Waals surface area contributed by atoms with Gasteiger partial charge in [0.15, 0.2) is 0 Å². The maximum absolute atomic E-state index is 12.1. The van der Waals surface area contributed by atoms with Gasteiger partial charge in [0.25, 0.3) is 5.91 Å². The van der Waals surface area contributed by atoms with Crippen molar-refractivity contribution >= 4 is 5.91 Å². The fraction of sp³-hybridized carbons (Fsp3) is 0.462. The highest BCUT2D eigenvalue weighted by molar-refractivity contribution is 5.97. The van der Waals surface area contributed by atoms with Gasteiger partial charge in [-0.2, -0.15) is 0 Å². The first-order valence-corrected chi connectivity index (χ1v) is 5.96. The highest BCUT2D eigenvalue weighted by Crippen LogP contribution is 2.17. The van der Waals surface area contributed by atoms with Crippen molar-refractivity contribution in [2.75, 3.05) is 20.2 Å². The first kappa shape index (κ1) is 11.9. The zero-order chi connectivity index (χ0) is 12.1. The molecule has 4 heteroatoms. The van der Waals surface area contributed by atoms with Crippen molar-refractivity contribution in [2.45, 2.75) is 18.9 Å². The summed E-state index contributed by atoms with van der Waals surface area (Å²) in [6.07, 6.45) is 2.14. The van der Waals surface area contributed by atoms with E-state index in [0.717, 1.165) is 25.9 Å². The molecule has 0 aliphatic carbocycles. The first-order chi connectivity index (χ1) is 8.31. The van der Waals surface area contributed by atoms with E-state index in [1.54, 1.807) is 19.2 Å². The van der Waals surface area contributed by atoms with Gasteiger partial charge in [-0.05, 0) is 31.5 Å². The summed E-state index contributed by atoms with van der Waals surface area (Å²) in [5, 5.41) is 6.30. The topological polar surface area (TPSA) is 50.4 Å². The predicted molar refractivity (Wildman–Crippen MR) is 66.4 cm³/mol. The van der Waals surface area contributed by atoms with Gasteiger partial charge in [-0.15, -0.1) is 0 Å². The molecule has 1 aromatic rings. The first-order valence-electron chi connectivity index (χ1n) is 5.96. The van der Waals surface area contributed by atoms with Gasteiger partial charge in [0, 0.05) is 12.6 Å². The molecule has 1 saturated heterocycles. The number of hydrogen-bond donors (Lipinski definition) is 2. The normalized spacial score (nSPS) is 19.7. The van der Waals surface area contributed by atoms with Crippen LogP contribution in [0.2, 0.25) is 0 Å². The number of methoxy groups -OCH3 is 1. The van der Waals surface area contributed by atoms with Gasteiger partial charge < -0.3 is 15.4 Å². The number of ether oxygens (including phenoxy) is 1. The van der Waals surface area contributed by atoms with Gasteiger partial charge in [-0.25, -0.2) is 0 Å². The second-order valence-electron chi connectivity index (χ2n) is 4.22. The molecule has 1 unspecified atom stereocenters. The van der Waals surface area contributed by atoms with Crippen LogP contribution in [-0.4, -0.2) is 32.1 Å². The molecule has 0 saturated carbocycles. The van der Waals surface area contributed by atoms with E-state index in [4.69, 9.17) is 4.74 Å². The molecule has 0 bridgehead atoms. The molecule has 1 aliphatic rings. The second kappa shape index (κ2) is 5.68. The van der Waals surface area contributed by atoms with E-state index in [1.807, 2.05) is 12.1 Å². The quantitative estimate of drug-likeness (QED) is 0.825. The minimum Gasteiger partial charge on any atom is -0.496 e. The van der Waals surface area contributed by atoms with Crippen LogP contribution < -0.4 is 15.4 Å². The summed E-state index contributed by atoms with van der Waals surface area (Å²) in [5.41, 5.74) is 0.598. The monoisotopic (exact) mass is 234 g/mol. The van der Waals surface area contributed by atoms with Crippen LogP contribution >= 0.6 is 0 Å². The van der Waals surface area contributed by atoms with E-state index in [2.05, 4.69) is 10.6 Å². The van der Waals surface area contributed by atoms with Crippen molar-refractivity contribution in [1.29, 1.82) is 0 Å². The van der Waals surface area contributed by atoms with Crippen LogP contribution in [0.15, 0.2) is 24.3 Å². The largest absolute Gasteiger partial charge is 0.496 e. The Morgan fingerprint density at radius 1 is 1.47 bits per heavy atom. The predicted octanol–water partition coefficient (Wildman–Crippen LogP) is 1.18. The summed E-state index contributed by atoms with van der Waals surface area (Å²) in [4.78, 5) is 12.1. The highest BCUT2D eigenvalue weighted by Gasteiger charge is 2.18. The summed E-state index contributed by atoms with van der Waals surface area (Å²) >= 11 is 0. The lowest BCUT2D eigenvalue weighted by Crippen LogP contribution is -2.45. The summed E-state index contributed by atoms with van der Waals surface area (Å²) in [6.45, 7) is 1.89. The SMILES string of the molecule is COc1ccccc1C(=O)NC1CCCNC1. The molecule has 92 valence electrons. The lowest BCUT2D eigenvalue weighted by molar-refractivity contribution is 0.0927. The second-order valence-corrected chi connectivity index (χ2v) is 4.22. The molecule has 1 aromatic carbocycles. The third kappa shape index (κ3) is 2.97. The van der Waals surface area contributed by atoms with Crippen molar-refractivity contribution in [3.8, 4) is 5.75 Å². The van der Waals surface area contributed by atoms with Gasteiger partial charge >= 0.3 is 0 Å². The molecule has 2 rings (SSSR count).